The Morgan fingerprint density at radius 3 is 2.52 bits per heavy atom. The van der Waals surface area contributed by atoms with Gasteiger partial charge in [-0.3, -0.25) is 4.79 Å². The van der Waals surface area contributed by atoms with Crippen molar-refractivity contribution in [3.63, 3.8) is 0 Å². The summed E-state index contributed by atoms with van der Waals surface area (Å²) >= 11 is 0. The summed E-state index contributed by atoms with van der Waals surface area (Å²) in [5.74, 6) is -0.604. The van der Waals surface area contributed by atoms with E-state index in [1.807, 2.05) is 49.4 Å². The highest BCUT2D eigenvalue weighted by molar-refractivity contribution is 6.05. The summed E-state index contributed by atoms with van der Waals surface area (Å²) in [7, 11) is 0. The van der Waals surface area contributed by atoms with Gasteiger partial charge in [0.05, 0.1) is 5.56 Å². The smallest absolute Gasteiger partial charge is 0.341 e. The minimum Gasteiger partial charge on any atom is -0.449 e. The van der Waals surface area contributed by atoms with Gasteiger partial charge in [0.15, 0.2) is 6.10 Å². The molecule has 0 fully saturated rings. The van der Waals surface area contributed by atoms with Crippen LogP contribution in [0.1, 0.15) is 48.2 Å². The zero-order valence-corrected chi connectivity index (χ0v) is 16.0. The van der Waals surface area contributed by atoms with Crippen molar-refractivity contribution in [3.8, 4) is 0 Å². The molecule has 0 aliphatic heterocycles. The molecule has 0 unspecified atom stereocenters. The summed E-state index contributed by atoms with van der Waals surface area (Å²) < 4.78 is 5.41. The lowest BCUT2D eigenvalue weighted by molar-refractivity contribution is -0.123. The third kappa shape index (κ3) is 3.87. The summed E-state index contributed by atoms with van der Waals surface area (Å²) in [5.41, 5.74) is 4.09. The number of hydrogen-bond acceptors (Lipinski definition) is 3. The summed E-state index contributed by atoms with van der Waals surface area (Å²) in [6.07, 6.45) is 0.696. The first kappa shape index (κ1) is 18.7. The fourth-order valence-electron chi connectivity index (χ4n) is 3.09. The standard InChI is InChI=1S/C22H24N2O3/c1-13(2)16-10-7-8-14(3)20(16)24-21(25)15(4)27-22(26)18-12-23-19-11-6-5-9-17(18)19/h5-13,15,23H,1-4H3,(H,24,25)/t15-/m0/s1. The molecule has 0 aliphatic rings. The van der Waals surface area contributed by atoms with Crippen molar-refractivity contribution in [3.05, 3.63) is 65.4 Å². The Bertz CT molecular complexity index is 988. The third-order valence-corrected chi connectivity index (χ3v) is 4.64. The first-order chi connectivity index (χ1) is 12.9. The Balaban J connectivity index is 1.74. The maximum atomic E-state index is 12.6. The molecule has 0 spiro atoms. The summed E-state index contributed by atoms with van der Waals surface area (Å²) in [5, 5.41) is 3.70. The van der Waals surface area contributed by atoms with Crippen LogP contribution in [0.4, 0.5) is 5.69 Å². The van der Waals surface area contributed by atoms with Gasteiger partial charge in [0.2, 0.25) is 0 Å². The number of nitrogens with one attached hydrogen (secondary N) is 2. The molecule has 27 heavy (non-hydrogen) atoms. The number of H-pyrrole nitrogens is 1. The molecular weight excluding hydrogens is 340 g/mol. The van der Waals surface area contributed by atoms with E-state index < -0.39 is 12.1 Å². The maximum absolute atomic E-state index is 12.6. The monoisotopic (exact) mass is 364 g/mol. The number of amides is 1. The van der Waals surface area contributed by atoms with Crippen LogP contribution in [0.5, 0.6) is 0 Å². The average Bonchev–Trinajstić information content (AvgIpc) is 3.07. The van der Waals surface area contributed by atoms with Gasteiger partial charge in [-0.15, -0.1) is 0 Å². The number of esters is 1. The highest BCUT2D eigenvalue weighted by atomic mass is 16.5. The number of aromatic nitrogens is 1. The van der Waals surface area contributed by atoms with Crippen LogP contribution in [0, 0.1) is 6.92 Å². The molecule has 3 rings (SSSR count). The predicted molar refractivity (Wildman–Crippen MR) is 107 cm³/mol. The molecule has 3 aromatic rings. The number of hydrogen-bond donors (Lipinski definition) is 2. The van der Waals surface area contributed by atoms with Crippen molar-refractivity contribution in [2.75, 3.05) is 5.32 Å². The fourth-order valence-corrected chi connectivity index (χ4v) is 3.09. The molecule has 0 saturated heterocycles. The van der Waals surface area contributed by atoms with Crippen molar-refractivity contribution >= 4 is 28.5 Å². The van der Waals surface area contributed by atoms with Crippen molar-refractivity contribution < 1.29 is 14.3 Å². The van der Waals surface area contributed by atoms with Crippen molar-refractivity contribution in [2.45, 2.75) is 39.7 Å². The van der Waals surface area contributed by atoms with Crippen LogP contribution >= 0.6 is 0 Å². The normalized spacial score (nSPS) is 12.2. The Kier molecular flexibility index (Phi) is 5.31. The Morgan fingerprint density at radius 1 is 1.04 bits per heavy atom. The number of ether oxygens (including phenoxy) is 1. The molecule has 2 aromatic carbocycles. The van der Waals surface area contributed by atoms with E-state index in [9.17, 15) is 9.59 Å². The van der Waals surface area contributed by atoms with E-state index in [0.717, 1.165) is 27.7 Å². The van der Waals surface area contributed by atoms with Gasteiger partial charge in [0, 0.05) is 22.8 Å². The first-order valence-corrected chi connectivity index (χ1v) is 9.06. The zero-order valence-electron chi connectivity index (χ0n) is 16.0. The molecule has 140 valence electrons. The van der Waals surface area contributed by atoms with Crippen molar-refractivity contribution in [1.29, 1.82) is 0 Å². The van der Waals surface area contributed by atoms with E-state index in [1.54, 1.807) is 13.1 Å². The lowest BCUT2D eigenvalue weighted by atomic mass is 9.98. The Labute approximate surface area is 158 Å². The SMILES string of the molecule is Cc1cccc(C(C)C)c1NC(=O)[C@H](C)OC(=O)c1c[nH]c2ccccc12. The molecule has 5 nitrogen and oxygen atoms in total. The van der Waals surface area contributed by atoms with Crippen LogP contribution in [-0.4, -0.2) is 23.0 Å². The van der Waals surface area contributed by atoms with Gasteiger partial charge in [-0.05, 0) is 37.0 Å². The van der Waals surface area contributed by atoms with E-state index in [4.69, 9.17) is 4.74 Å². The van der Waals surface area contributed by atoms with E-state index in [1.165, 1.54) is 0 Å². The van der Waals surface area contributed by atoms with Gasteiger partial charge >= 0.3 is 5.97 Å². The number of aryl methyl sites for hydroxylation is 1. The van der Waals surface area contributed by atoms with Gasteiger partial charge in [-0.1, -0.05) is 50.2 Å². The molecule has 1 heterocycles. The van der Waals surface area contributed by atoms with Crippen molar-refractivity contribution in [1.82, 2.24) is 4.98 Å². The second-order valence-corrected chi connectivity index (χ2v) is 6.98. The molecule has 2 N–H and O–H groups in total. The maximum Gasteiger partial charge on any atom is 0.341 e. The number of aromatic amines is 1. The Morgan fingerprint density at radius 2 is 1.78 bits per heavy atom. The summed E-state index contributed by atoms with van der Waals surface area (Å²) in [4.78, 5) is 28.2. The minimum atomic E-state index is -0.911. The number of rotatable bonds is 5. The second-order valence-electron chi connectivity index (χ2n) is 6.98. The van der Waals surface area contributed by atoms with Crippen LogP contribution in [-0.2, 0) is 9.53 Å². The average molecular weight is 364 g/mol. The van der Waals surface area contributed by atoms with Gasteiger partial charge < -0.3 is 15.0 Å². The number of para-hydroxylation sites is 2. The van der Waals surface area contributed by atoms with Crippen LogP contribution in [0.15, 0.2) is 48.7 Å². The number of benzene rings is 2. The number of carbonyl (C=O) groups is 2. The second kappa shape index (κ2) is 7.66. The van der Waals surface area contributed by atoms with Crippen LogP contribution in [0.25, 0.3) is 10.9 Å². The number of carbonyl (C=O) groups excluding carboxylic acids is 2. The van der Waals surface area contributed by atoms with Gasteiger partial charge in [0.25, 0.3) is 5.91 Å². The van der Waals surface area contributed by atoms with Crippen LogP contribution in [0.2, 0.25) is 0 Å². The minimum absolute atomic E-state index is 0.268. The molecule has 0 bridgehead atoms. The van der Waals surface area contributed by atoms with Gasteiger partial charge in [-0.2, -0.15) is 0 Å². The third-order valence-electron chi connectivity index (χ3n) is 4.64. The molecule has 1 atom stereocenters. The highest BCUT2D eigenvalue weighted by Crippen LogP contribution is 2.27. The molecule has 0 radical (unpaired) electrons. The zero-order chi connectivity index (χ0) is 19.6. The highest BCUT2D eigenvalue weighted by Gasteiger charge is 2.22. The van der Waals surface area contributed by atoms with Crippen LogP contribution in [0.3, 0.4) is 0 Å². The quantitative estimate of drug-likeness (QED) is 0.640. The molecule has 0 aliphatic carbocycles. The fraction of sp³-hybridized carbons (Fsp3) is 0.273. The molecule has 1 aromatic heterocycles. The van der Waals surface area contributed by atoms with Crippen LogP contribution < -0.4 is 5.32 Å². The van der Waals surface area contributed by atoms with Crippen molar-refractivity contribution in [2.24, 2.45) is 0 Å². The van der Waals surface area contributed by atoms with E-state index >= 15 is 0 Å². The molecule has 5 heteroatoms. The summed E-state index contributed by atoms with van der Waals surface area (Å²) in [6, 6.07) is 13.4. The molecular formula is C22H24N2O3. The van der Waals surface area contributed by atoms with Gasteiger partial charge in [0.1, 0.15) is 0 Å². The topological polar surface area (TPSA) is 71.2 Å². The lowest BCUT2D eigenvalue weighted by Crippen LogP contribution is -2.30. The predicted octanol–water partition coefficient (Wildman–Crippen LogP) is 4.78. The largest absolute Gasteiger partial charge is 0.449 e. The molecule has 1 amide bonds. The van der Waals surface area contributed by atoms with E-state index in [2.05, 4.69) is 24.1 Å². The first-order valence-electron chi connectivity index (χ1n) is 9.06. The lowest BCUT2D eigenvalue weighted by Gasteiger charge is -2.19. The number of anilines is 1. The Hall–Kier alpha value is -3.08. The van der Waals surface area contributed by atoms with E-state index in [-0.39, 0.29) is 11.8 Å². The van der Waals surface area contributed by atoms with E-state index in [0.29, 0.717) is 5.56 Å². The summed E-state index contributed by atoms with van der Waals surface area (Å²) in [6.45, 7) is 7.68. The number of fused-ring (bicyclic) bond motifs is 1. The molecule has 0 saturated carbocycles. The van der Waals surface area contributed by atoms with Gasteiger partial charge in [-0.25, -0.2) is 4.79 Å².